The highest BCUT2D eigenvalue weighted by Gasteiger charge is 2.07. The summed E-state index contributed by atoms with van der Waals surface area (Å²) in [5.41, 5.74) is 3.40. The molecule has 7 nitrogen and oxygen atoms in total. The molecular weight excluding hydrogens is 366 g/mol. The number of hydrogen-bond acceptors (Lipinski definition) is 4. The molecule has 1 aromatic carbocycles. The SMILES string of the molecule is CCc1nn(C)cc1CNC(=NCc1ccc(OC)cc1)NCCc1ccco1. The first kappa shape index (κ1) is 20.5. The Kier molecular flexibility index (Phi) is 7.33. The Morgan fingerprint density at radius 1 is 1.21 bits per heavy atom. The molecule has 0 bridgehead atoms. The van der Waals surface area contributed by atoms with Crippen molar-refractivity contribution in [2.75, 3.05) is 13.7 Å². The zero-order valence-corrected chi connectivity index (χ0v) is 17.3. The van der Waals surface area contributed by atoms with Gasteiger partial charge in [0.05, 0.1) is 25.6 Å². The average Bonchev–Trinajstić information content (AvgIpc) is 3.39. The van der Waals surface area contributed by atoms with Gasteiger partial charge in [-0.25, -0.2) is 4.99 Å². The highest BCUT2D eigenvalue weighted by Crippen LogP contribution is 2.12. The van der Waals surface area contributed by atoms with E-state index in [1.165, 1.54) is 5.56 Å². The van der Waals surface area contributed by atoms with Crippen LogP contribution in [0.3, 0.4) is 0 Å². The van der Waals surface area contributed by atoms with Crippen molar-refractivity contribution in [3.63, 3.8) is 0 Å². The van der Waals surface area contributed by atoms with E-state index in [-0.39, 0.29) is 0 Å². The van der Waals surface area contributed by atoms with Gasteiger partial charge in [-0.15, -0.1) is 0 Å². The Labute approximate surface area is 171 Å². The second-order valence-corrected chi connectivity index (χ2v) is 6.75. The fourth-order valence-corrected chi connectivity index (χ4v) is 3.04. The number of aryl methyl sites for hydroxylation is 2. The fourth-order valence-electron chi connectivity index (χ4n) is 3.04. The van der Waals surface area contributed by atoms with Gasteiger partial charge in [0.2, 0.25) is 0 Å². The van der Waals surface area contributed by atoms with Crippen LogP contribution >= 0.6 is 0 Å². The van der Waals surface area contributed by atoms with Crippen LogP contribution in [-0.4, -0.2) is 29.4 Å². The maximum atomic E-state index is 5.41. The van der Waals surface area contributed by atoms with Crippen LogP contribution in [0.1, 0.15) is 29.5 Å². The number of methoxy groups -OCH3 is 1. The van der Waals surface area contributed by atoms with Crippen molar-refractivity contribution in [1.82, 2.24) is 20.4 Å². The van der Waals surface area contributed by atoms with Crippen molar-refractivity contribution < 1.29 is 9.15 Å². The standard InChI is InChI=1S/C22H29N5O2/c1-4-21-18(16-27(2)26-21)15-25-22(23-12-11-20-6-5-13-29-20)24-14-17-7-9-19(28-3)10-8-17/h5-10,13,16H,4,11-12,14-15H2,1-3H3,(H2,23,24,25). The van der Waals surface area contributed by atoms with Crippen molar-refractivity contribution in [2.24, 2.45) is 12.0 Å². The van der Waals surface area contributed by atoms with Gasteiger partial charge < -0.3 is 19.8 Å². The van der Waals surface area contributed by atoms with E-state index < -0.39 is 0 Å². The van der Waals surface area contributed by atoms with Gasteiger partial charge in [0.1, 0.15) is 11.5 Å². The van der Waals surface area contributed by atoms with Gasteiger partial charge in [-0.3, -0.25) is 4.68 Å². The van der Waals surface area contributed by atoms with Crippen molar-refractivity contribution in [3.8, 4) is 5.75 Å². The lowest BCUT2D eigenvalue weighted by Crippen LogP contribution is -2.38. The monoisotopic (exact) mass is 395 g/mol. The first-order valence-corrected chi connectivity index (χ1v) is 9.86. The number of rotatable bonds is 9. The Morgan fingerprint density at radius 3 is 2.72 bits per heavy atom. The number of aromatic nitrogens is 2. The van der Waals surface area contributed by atoms with E-state index >= 15 is 0 Å². The van der Waals surface area contributed by atoms with Crippen molar-refractivity contribution in [2.45, 2.75) is 32.9 Å². The van der Waals surface area contributed by atoms with E-state index in [4.69, 9.17) is 14.1 Å². The number of guanidine groups is 1. The Bertz CT molecular complexity index is 898. The Morgan fingerprint density at radius 2 is 2.03 bits per heavy atom. The highest BCUT2D eigenvalue weighted by molar-refractivity contribution is 5.79. The van der Waals surface area contributed by atoms with Crippen LogP contribution in [-0.2, 0) is 33.0 Å². The molecule has 2 N–H and O–H groups in total. The van der Waals surface area contributed by atoms with E-state index in [0.717, 1.165) is 48.1 Å². The topological polar surface area (TPSA) is 76.6 Å². The molecule has 0 saturated carbocycles. The molecule has 0 aliphatic heterocycles. The highest BCUT2D eigenvalue weighted by atomic mass is 16.5. The van der Waals surface area contributed by atoms with Crippen LogP contribution < -0.4 is 15.4 Å². The molecule has 29 heavy (non-hydrogen) atoms. The van der Waals surface area contributed by atoms with Crippen molar-refractivity contribution in [3.05, 3.63) is 71.4 Å². The van der Waals surface area contributed by atoms with E-state index in [1.54, 1.807) is 13.4 Å². The first-order chi connectivity index (χ1) is 14.2. The average molecular weight is 396 g/mol. The van der Waals surface area contributed by atoms with Crippen molar-refractivity contribution >= 4 is 5.96 Å². The minimum atomic E-state index is 0.577. The molecule has 2 aromatic heterocycles. The predicted molar refractivity (Wildman–Crippen MR) is 114 cm³/mol. The summed E-state index contributed by atoms with van der Waals surface area (Å²) >= 11 is 0. The van der Waals surface area contributed by atoms with E-state index in [1.807, 2.05) is 48.1 Å². The van der Waals surface area contributed by atoms with Crippen LogP contribution in [0.4, 0.5) is 0 Å². The fraction of sp³-hybridized carbons (Fsp3) is 0.364. The Hall–Kier alpha value is -3.22. The van der Waals surface area contributed by atoms with Crippen LogP contribution in [0.5, 0.6) is 5.75 Å². The largest absolute Gasteiger partial charge is 0.497 e. The number of nitrogens with zero attached hydrogens (tertiary/aromatic N) is 3. The first-order valence-electron chi connectivity index (χ1n) is 9.86. The number of benzene rings is 1. The summed E-state index contributed by atoms with van der Waals surface area (Å²) in [5, 5.41) is 11.3. The lowest BCUT2D eigenvalue weighted by Gasteiger charge is -2.12. The summed E-state index contributed by atoms with van der Waals surface area (Å²) in [7, 11) is 3.62. The number of aliphatic imine (C=N–C) groups is 1. The summed E-state index contributed by atoms with van der Waals surface area (Å²) in [5.74, 6) is 2.56. The molecule has 0 unspecified atom stereocenters. The molecule has 7 heteroatoms. The molecule has 0 aliphatic rings. The maximum Gasteiger partial charge on any atom is 0.191 e. The molecule has 0 amide bonds. The molecule has 0 radical (unpaired) electrons. The number of nitrogens with one attached hydrogen (secondary N) is 2. The summed E-state index contributed by atoms with van der Waals surface area (Å²) in [6, 6.07) is 11.8. The third-order valence-corrected chi connectivity index (χ3v) is 4.60. The third-order valence-electron chi connectivity index (χ3n) is 4.60. The summed E-state index contributed by atoms with van der Waals surface area (Å²) in [6.07, 6.45) is 5.45. The minimum Gasteiger partial charge on any atom is -0.497 e. The van der Waals surface area contributed by atoms with Gasteiger partial charge in [0.25, 0.3) is 0 Å². The molecule has 0 fully saturated rings. The van der Waals surface area contributed by atoms with Gasteiger partial charge >= 0.3 is 0 Å². The molecule has 0 atom stereocenters. The molecule has 0 aliphatic carbocycles. The van der Waals surface area contributed by atoms with E-state index in [9.17, 15) is 0 Å². The molecule has 2 heterocycles. The normalized spacial score (nSPS) is 11.5. The van der Waals surface area contributed by atoms with E-state index in [2.05, 4.69) is 28.9 Å². The van der Waals surface area contributed by atoms with Gasteiger partial charge in [0.15, 0.2) is 5.96 Å². The van der Waals surface area contributed by atoms with Gasteiger partial charge in [0, 0.05) is 38.3 Å². The van der Waals surface area contributed by atoms with Crippen LogP contribution in [0.25, 0.3) is 0 Å². The van der Waals surface area contributed by atoms with Crippen molar-refractivity contribution in [1.29, 1.82) is 0 Å². The molecule has 0 spiro atoms. The van der Waals surface area contributed by atoms with Gasteiger partial charge in [-0.05, 0) is 36.2 Å². The van der Waals surface area contributed by atoms with Gasteiger partial charge in [-0.2, -0.15) is 5.10 Å². The summed E-state index contributed by atoms with van der Waals surface area (Å²) < 4.78 is 12.5. The zero-order valence-electron chi connectivity index (χ0n) is 17.3. The molecule has 3 rings (SSSR count). The molecule has 3 aromatic rings. The maximum absolute atomic E-state index is 5.41. The number of ether oxygens (including phenoxy) is 1. The Balaban J connectivity index is 1.63. The van der Waals surface area contributed by atoms with Crippen LogP contribution in [0.15, 0.2) is 58.3 Å². The second kappa shape index (κ2) is 10.4. The third kappa shape index (κ3) is 6.14. The molecular formula is C22H29N5O2. The predicted octanol–water partition coefficient (Wildman–Crippen LogP) is 3.06. The number of furan rings is 1. The van der Waals surface area contributed by atoms with Crippen LogP contribution in [0, 0.1) is 0 Å². The lowest BCUT2D eigenvalue weighted by atomic mass is 10.2. The smallest absolute Gasteiger partial charge is 0.191 e. The van der Waals surface area contributed by atoms with Gasteiger partial charge in [-0.1, -0.05) is 19.1 Å². The minimum absolute atomic E-state index is 0.577. The second-order valence-electron chi connectivity index (χ2n) is 6.75. The van der Waals surface area contributed by atoms with E-state index in [0.29, 0.717) is 13.1 Å². The lowest BCUT2D eigenvalue weighted by molar-refractivity contribution is 0.414. The molecule has 154 valence electrons. The number of hydrogen-bond donors (Lipinski definition) is 2. The molecule has 0 saturated heterocycles. The zero-order chi connectivity index (χ0) is 20.5. The summed E-state index contributed by atoms with van der Waals surface area (Å²) in [4.78, 5) is 4.74. The summed E-state index contributed by atoms with van der Waals surface area (Å²) in [6.45, 7) is 4.10. The van der Waals surface area contributed by atoms with Crippen LogP contribution in [0.2, 0.25) is 0 Å². The quantitative estimate of drug-likeness (QED) is 0.430.